The highest BCUT2D eigenvalue weighted by atomic mass is 19.2. The summed E-state index contributed by atoms with van der Waals surface area (Å²) in [5, 5.41) is 0. The van der Waals surface area contributed by atoms with Crippen LogP contribution in [0.2, 0.25) is 0 Å². The van der Waals surface area contributed by atoms with Crippen LogP contribution in [0.1, 0.15) is 0 Å². The first kappa shape index (κ1) is 22.7. The second kappa shape index (κ2) is 10.5. The second-order valence-corrected chi connectivity index (χ2v) is 8.01. The minimum atomic E-state index is -0.907. The van der Waals surface area contributed by atoms with Crippen LogP contribution in [0.3, 0.4) is 0 Å². The number of rotatable bonds is 12. The predicted octanol–water partition coefficient (Wildman–Crippen LogP) is 4.80. The van der Waals surface area contributed by atoms with Gasteiger partial charge in [-0.25, -0.2) is 8.78 Å². The number of epoxide rings is 2. The van der Waals surface area contributed by atoms with Gasteiger partial charge in [0.25, 0.3) is 0 Å². The van der Waals surface area contributed by atoms with E-state index in [0.717, 1.165) is 13.2 Å². The maximum absolute atomic E-state index is 14.9. The lowest BCUT2D eigenvalue weighted by molar-refractivity contribution is 0.00810. The molecule has 0 saturated carbocycles. The smallest absolute Gasteiger partial charge is 0.189 e. The summed E-state index contributed by atoms with van der Waals surface area (Å²) < 4.78 is 61.6. The Morgan fingerprint density at radius 3 is 1.35 bits per heavy atom. The van der Waals surface area contributed by atoms with Crippen LogP contribution in [0.4, 0.5) is 8.78 Å². The lowest BCUT2D eigenvalue weighted by atomic mass is 9.98. The molecular formula is C26H24F2O6. The monoisotopic (exact) mass is 470 g/mol. The first-order chi connectivity index (χ1) is 16.7. The molecule has 8 heteroatoms. The number of halogens is 2. The van der Waals surface area contributed by atoms with Gasteiger partial charge in [0.1, 0.15) is 23.7 Å². The highest BCUT2D eigenvalue weighted by molar-refractivity contribution is 5.72. The van der Waals surface area contributed by atoms with Gasteiger partial charge < -0.3 is 28.4 Å². The first-order valence-corrected chi connectivity index (χ1v) is 11.0. The van der Waals surface area contributed by atoms with Crippen LogP contribution in [0.25, 0.3) is 22.3 Å². The van der Waals surface area contributed by atoms with Crippen molar-refractivity contribution in [1.29, 1.82) is 0 Å². The van der Waals surface area contributed by atoms with Crippen LogP contribution in [0, 0.1) is 11.6 Å². The minimum absolute atomic E-state index is 0.100. The zero-order valence-corrected chi connectivity index (χ0v) is 18.4. The van der Waals surface area contributed by atoms with Crippen molar-refractivity contribution < 1.29 is 37.2 Å². The van der Waals surface area contributed by atoms with E-state index in [-0.39, 0.29) is 36.9 Å². The van der Waals surface area contributed by atoms with Crippen molar-refractivity contribution in [2.24, 2.45) is 0 Å². The number of hydrogen-bond acceptors (Lipinski definition) is 6. The Balaban J connectivity index is 1.20. The van der Waals surface area contributed by atoms with Gasteiger partial charge in [0.2, 0.25) is 0 Å². The van der Waals surface area contributed by atoms with Crippen molar-refractivity contribution in [3.63, 3.8) is 0 Å². The van der Waals surface area contributed by atoms with Gasteiger partial charge in [-0.15, -0.1) is 0 Å². The molecule has 0 amide bonds. The van der Waals surface area contributed by atoms with Gasteiger partial charge in [-0.3, -0.25) is 0 Å². The maximum atomic E-state index is 14.9. The van der Waals surface area contributed by atoms with E-state index in [1.165, 1.54) is 0 Å². The van der Waals surface area contributed by atoms with Crippen molar-refractivity contribution in [1.82, 2.24) is 0 Å². The number of hydrogen-bond donors (Lipinski definition) is 0. The molecule has 2 fully saturated rings. The fourth-order valence-corrected chi connectivity index (χ4v) is 3.36. The molecule has 178 valence electrons. The third kappa shape index (κ3) is 5.90. The summed E-state index contributed by atoms with van der Waals surface area (Å²) in [5.41, 5.74) is 1.43. The van der Waals surface area contributed by atoms with Gasteiger partial charge in [-0.2, -0.15) is 0 Å². The van der Waals surface area contributed by atoms with Gasteiger partial charge in [0, 0.05) is 11.1 Å². The van der Waals surface area contributed by atoms with Crippen LogP contribution in [0.5, 0.6) is 11.5 Å². The molecular weight excluding hydrogens is 446 g/mol. The van der Waals surface area contributed by atoms with E-state index in [2.05, 4.69) is 0 Å². The number of benzene rings is 3. The van der Waals surface area contributed by atoms with Gasteiger partial charge in [-0.1, -0.05) is 36.4 Å². The fraction of sp³-hybridized carbons (Fsp3) is 0.308. The zero-order valence-electron chi connectivity index (χ0n) is 18.4. The molecule has 3 aromatic rings. The van der Waals surface area contributed by atoms with Crippen LogP contribution in [0.15, 0.2) is 60.7 Å². The molecule has 0 N–H and O–H groups in total. The van der Waals surface area contributed by atoms with Crippen molar-refractivity contribution in [3.8, 4) is 33.8 Å². The average Bonchev–Trinajstić information content (AvgIpc) is 3.78. The topological polar surface area (TPSA) is 62.0 Å². The highest BCUT2D eigenvalue weighted by Crippen LogP contribution is 2.33. The van der Waals surface area contributed by atoms with E-state index in [4.69, 9.17) is 28.4 Å². The maximum Gasteiger partial charge on any atom is 0.189 e. The summed E-state index contributed by atoms with van der Waals surface area (Å²) in [6, 6.07) is 16.6. The summed E-state index contributed by atoms with van der Waals surface area (Å²) in [6.45, 7) is 2.64. The standard InChI is InChI=1S/C26H24F2O6/c27-25-23(17-1-5-19(6-2-17)33-15-29-11-21-13-31-21)9-10-24(26(25)28)18-3-7-20(8-4-18)34-16-30-12-22-14-32-22/h1-10,21-22H,11-16H2. The fourth-order valence-electron chi connectivity index (χ4n) is 3.36. The van der Waals surface area contributed by atoms with Crippen molar-refractivity contribution in [3.05, 3.63) is 72.3 Å². The Bertz CT molecular complexity index is 1010. The van der Waals surface area contributed by atoms with Crippen molar-refractivity contribution in [2.45, 2.75) is 12.2 Å². The van der Waals surface area contributed by atoms with E-state index in [0.29, 0.717) is 35.8 Å². The number of ether oxygens (including phenoxy) is 6. The Kier molecular flexibility index (Phi) is 7.01. The van der Waals surface area contributed by atoms with Crippen molar-refractivity contribution in [2.75, 3.05) is 40.0 Å². The van der Waals surface area contributed by atoms with E-state index in [1.54, 1.807) is 60.7 Å². The molecule has 2 atom stereocenters. The molecule has 2 unspecified atom stereocenters. The van der Waals surface area contributed by atoms with E-state index >= 15 is 0 Å². The van der Waals surface area contributed by atoms with Crippen LogP contribution >= 0.6 is 0 Å². The van der Waals surface area contributed by atoms with Gasteiger partial charge >= 0.3 is 0 Å². The summed E-state index contributed by atoms with van der Waals surface area (Å²) in [7, 11) is 0. The molecule has 34 heavy (non-hydrogen) atoms. The Morgan fingerprint density at radius 1 is 0.618 bits per heavy atom. The zero-order chi connectivity index (χ0) is 23.3. The average molecular weight is 470 g/mol. The molecule has 2 aliphatic rings. The minimum Gasteiger partial charge on any atom is -0.468 e. The largest absolute Gasteiger partial charge is 0.468 e. The molecule has 0 aliphatic carbocycles. The Morgan fingerprint density at radius 2 is 1.00 bits per heavy atom. The molecule has 2 heterocycles. The van der Waals surface area contributed by atoms with Gasteiger partial charge in [0.05, 0.1) is 26.4 Å². The molecule has 2 aliphatic heterocycles. The Hall–Kier alpha value is -3.04. The summed E-state index contributed by atoms with van der Waals surface area (Å²) in [6.07, 6.45) is 0.343. The van der Waals surface area contributed by atoms with Gasteiger partial charge in [0.15, 0.2) is 25.2 Å². The van der Waals surface area contributed by atoms with E-state index in [9.17, 15) is 8.78 Å². The SMILES string of the molecule is Fc1c(-c2ccc(OCOCC3CO3)cc2)ccc(-c2ccc(OCOCC3CO3)cc2)c1F. The van der Waals surface area contributed by atoms with Crippen LogP contribution in [-0.4, -0.2) is 52.2 Å². The normalized spacial score (nSPS) is 18.5. The van der Waals surface area contributed by atoms with Crippen molar-refractivity contribution >= 4 is 0 Å². The molecule has 0 radical (unpaired) electrons. The lowest BCUT2D eigenvalue weighted by Gasteiger charge is -2.11. The quantitative estimate of drug-likeness (QED) is 0.215. The molecule has 5 rings (SSSR count). The third-order valence-corrected chi connectivity index (χ3v) is 5.44. The first-order valence-electron chi connectivity index (χ1n) is 11.0. The summed E-state index contributed by atoms with van der Waals surface area (Å²) in [5.74, 6) is -0.664. The van der Waals surface area contributed by atoms with Crippen LogP contribution < -0.4 is 9.47 Å². The summed E-state index contributed by atoms with van der Waals surface area (Å²) in [4.78, 5) is 0. The molecule has 2 saturated heterocycles. The lowest BCUT2D eigenvalue weighted by Crippen LogP contribution is -2.07. The molecule has 0 spiro atoms. The molecule has 6 nitrogen and oxygen atoms in total. The molecule has 0 bridgehead atoms. The third-order valence-electron chi connectivity index (χ3n) is 5.44. The highest BCUT2D eigenvalue weighted by Gasteiger charge is 2.23. The van der Waals surface area contributed by atoms with Gasteiger partial charge in [-0.05, 0) is 35.4 Å². The molecule has 0 aromatic heterocycles. The van der Waals surface area contributed by atoms with E-state index < -0.39 is 11.6 Å². The predicted molar refractivity (Wildman–Crippen MR) is 120 cm³/mol. The molecule has 3 aromatic carbocycles. The van der Waals surface area contributed by atoms with E-state index in [1.807, 2.05) is 0 Å². The Labute approximate surface area is 195 Å². The summed E-state index contributed by atoms with van der Waals surface area (Å²) >= 11 is 0. The van der Waals surface area contributed by atoms with Crippen LogP contribution in [-0.2, 0) is 18.9 Å². The second-order valence-electron chi connectivity index (χ2n) is 8.01.